The lowest BCUT2D eigenvalue weighted by atomic mass is 9.85. The fourth-order valence-corrected chi connectivity index (χ4v) is 2.76. The molecule has 4 nitrogen and oxygen atoms in total. The molecule has 0 aliphatic heterocycles. The lowest BCUT2D eigenvalue weighted by molar-refractivity contribution is 0.0701. The van der Waals surface area contributed by atoms with Crippen molar-refractivity contribution in [3.8, 4) is 0 Å². The molecule has 1 fully saturated rings. The van der Waals surface area contributed by atoms with E-state index in [2.05, 4.69) is 9.88 Å². The van der Waals surface area contributed by atoms with Crippen LogP contribution in [-0.4, -0.2) is 29.7 Å². The van der Waals surface area contributed by atoms with E-state index in [0.29, 0.717) is 10.6 Å². The normalized spacial score (nSPS) is 15.9. The fourth-order valence-electron chi connectivity index (χ4n) is 1.88. The number of thiazole rings is 1. The number of carbonyl (C=O) groups is 1. The number of nitrogens with zero attached hydrogens (tertiary/aromatic N) is 2. The predicted molar refractivity (Wildman–Crippen MR) is 64.4 cm³/mol. The summed E-state index contributed by atoms with van der Waals surface area (Å²) in [6.07, 6.45) is 3.91. The van der Waals surface area contributed by atoms with Gasteiger partial charge in [-0.15, -0.1) is 0 Å². The standard InChI is InChI=1S/C11H16N2O2S/c1-7-9(10(14)15)16-11(12-7)13(2)6-8-4-3-5-8/h8H,3-6H2,1-2H3,(H,14,15). The molecular formula is C11H16N2O2S. The van der Waals surface area contributed by atoms with Crippen molar-refractivity contribution in [1.29, 1.82) is 0 Å². The van der Waals surface area contributed by atoms with Crippen molar-refractivity contribution in [2.24, 2.45) is 5.92 Å². The number of rotatable bonds is 4. The van der Waals surface area contributed by atoms with Crippen molar-refractivity contribution in [1.82, 2.24) is 4.98 Å². The monoisotopic (exact) mass is 240 g/mol. The molecule has 1 aliphatic rings. The van der Waals surface area contributed by atoms with Gasteiger partial charge in [0.1, 0.15) is 4.88 Å². The van der Waals surface area contributed by atoms with Gasteiger partial charge in [0.15, 0.2) is 5.13 Å². The molecule has 1 aromatic heterocycles. The molecule has 0 amide bonds. The number of aryl methyl sites for hydroxylation is 1. The van der Waals surface area contributed by atoms with Crippen molar-refractivity contribution in [3.05, 3.63) is 10.6 Å². The van der Waals surface area contributed by atoms with E-state index in [1.54, 1.807) is 6.92 Å². The zero-order valence-electron chi connectivity index (χ0n) is 9.56. The highest BCUT2D eigenvalue weighted by molar-refractivity contribution is 7.17. The van der Waals surface area contributed by atoms with E-state index in [1.807, 2.05) is 7.05 Å². The summed E-state index contributed by atoms with van der Waals surface area (Å²) in [5, 5.41) is 9.77. The van der Waals surface area contributed by atoms with Gasteiger partial charge in [0.2, 0.25) is 0 Å². The first-order chi connectivity index (χ1) is 7.58. The molecule has 1 heterocycles. The zero-order valence-corrected chi connectivity index (χ0v) is 10.4. The molecule has 1 aliphatic carbocycles. The highest BCUT2D eigenvalue weighted by atomic mass is 32.1. The van der Waals surface area contributed by atoms with Crippen LogP contribution in [0.5, 0.6) is 0 Å². The molecule has 5 heteroatoms. The van der Waals surface area contributed by atoms with Crippen LogP contribution < -0.4 is 4.90 Å². The molecule has 88 valence electrons. The third-order valence-corrected chi connectivity index (χ3v) is 4.32. The van der Waals surface area contributed by atoms with Gasteiger partial charge in [-0.1, -0.05) is 17.8 Å². The van der Waals surface area contributed by atoms with E-state index in [9.17, 15) is 4.79 Å². The van der Waals surface area contributed by atoms with Gasteiger partial charge in [-0.25, -0.2) is 9.78 Å². The van der Waals surface area contributed by atoms with Crippen molar-refractivity contribution in [3.63, 3.8) is 0 Å². The minimum Gasteiger partial charge on any atom is -0.477 e. The van der Waals surface area contributed by atoms with Crippen molar-refractivity contribution >= 4 is 22.4 Å². The summed E-state index contributed by atoms with van der Waals surface area (Å²) in [5.74, 6) is -0.110. The number of carboxylic acids is 1. The highest BCUT2D eigenvalue weighted by Gasteiger charge is 2.22. The molecular weight excluding hydrogens is 224 g/mol. The maximum absolute atomic E-state index is 10.9. The minimum absolute atomic E-state index is 0.357. The van der Waals surface area contributed by atoms with Crippen LogP contribution in [0.2, 0.25) is 0 Å². The molecule has 0 radical (unpaired) electrons. The quantitative estimate of drug-likeness (QED) is 0.878. The number of aromatic carboxylic acids is 1. The number of hydrogen-bond donors (Lipinski definition) is 1. The topological polar surface area (TPSA) is 53.4 Å². The Balaban J connectivity index is 2.07. The van der Waals surface area contributed by atoms with Crippen LogP contribution >= 0.6 is 11.3 Å². The van der Waals surface area contributed by atoms with Crippen molar-refractivity contribution in [2.45, 2.75) is 26.2 Å². The van der Waals surface area contributed by atoms with E-state index in [-0.39, 0.29) is 0 Å². The van der Waals surface area contributed by atoms with Gasteiger partial charge >= 0.3 is 5.97 Å². The number of aromatic nitrogens is 1. The molecule has 0 atom stereocenters. The lowest BCUT2D eigenvalue weighted by Gasteiger charge is -2.29. The van der Waals surface area contributed by atoms with Crippen LogP contribution in [0.4, 0.5) is 5.13 Å². The molecule has 1 aromatic rings. The van der Waals surface area contributed by atoms with Crippen LogP contribution in [0.1, 0.15) is 34.6 Å². The maximum Gasteiger partial charge on any atom is 0.347 e. The van der Waals surface area contributed by atoms with Crippen LogP contribution in [0.3, 0.4) is 0 Å². The number of carboxylic acid groups (broad SMARTS) is 1. The Bertz CT molecular complexity index is 399. The van der Waals surface area contributed by atoms with Crippen LogP contribution in [0.25, 0.3) is 0 Å². The van der Waals surface area contributed by atoms with Gasteiger partial charge in [0.25, 0.3) is 0 Å². The number of anilines is 1. The van der Waals surface area contributed by atoms with Gasteiger partial charge in [0, 0.05) is 13.6 Å². The van der Waals surface area contributed by atoms with Gasteiger partial charge in [-0.3, -0.25) is 0 Å². The van der Waals surface area contributed by atoms with Crippen LogP contribution in [0.15, 0.2) is 0 Å². The third kappa shape index (κ3) is 2.19. The summed E-state index contributed by atoms with van der Waals surface area (Å²) in [6.45, 7) is 2.74. The van der Waals surface area contributed by atoms with E-state index >= 15 is 0 Å². The Morgan fingerprint density at radius 3 is 2.75 bits per heavy atom. The lowest BCUT2D eigenvalue weighted by Crippen LogP contribution is -2.29. The molecule has 2 rings (SSSR count). The smallest absolute Gasteiger partial charge is 0.347 e. The van der Waals surface area contributed by atoms with Crippen molar-refractivity contribution < 1.29 is 9.90 Å². The van der Waals surface area contributed by atoms with E-state index in [0.717, 1.165) is 17.6 Å². The first-order valence-electron chi connectivity index (χ1n) is 5.49. The van der Waals surface area contributed by atoms with E-state index < -0.39 is 5.97 Å². The maximum atomic E-state index is 10.9. The molecule has 1 N–H and O–H groups in total. The van der Waals surface area contributed by atoms with Gasteiger partial charge < -0.3 is 10.0 Å². The van der Waals surface area contributed by atoms with E-state index in [4.69, 9.17) is 5.11 Å². The summed E-state index contributed by atoms with van der Waals surface area (Å²) in [7, 11) is 1.99. The van der Waals surface area contributed by atoms with Gasteiger partial charge in [-0.05, 0) is 25.7 Å². The Morgan fingerprint density at radius 2 is 2.31 bits per heavy atom. The summed E-state index contributed by atoms with van der Waals surface area (Å²) in [4.78, 5) is 17.6. The third-order valence-electron chi connectivity index (χ3n) is 3.06. The minimum atomic E-state index is -0.877. The second kappa shape index (κ2) is 4.41. The zero-order chi connectivity index (χ0) is 11.7. The summed E-state index contributed by atoms with van der Waals surface area (Å²) in [5.41, 5.74) is 0.618. The van der Waals surface area contributed by atoms with Crippen LogP contribution in [0, 0.1) is 12.8 Å². The van der Waals surface area contributed by atoms with Gasteiger partial charge in [0.05, 0.1) is 5.69 Å². The largest absolute Gasteiger partial charge is 0.477 e. The predicted octanol–water partition coefficient (Wildman–Crippen LogP) is 2.39. The second-order valence-electron chi connectivity index (χ2n) is 4.39. The first-order valence-corrected chi connectivity index (χ1v) is 6.31. The summed E-state index contributed by atoms with van der Waals surface area (Å²) in [6, 6.07) is 0. The Hall–Kier alpha value is -1.10. The van der Waals surface area contributed by atoms with E-state index in [1.165, 1.54) is 30.6 Å². The molecule has 0 spiro atoms. The molecule has 0 bridgehead atoms. The Morgan fingerprint density at radius 1 is 1.62 bits per heavy atom. The Kier molecular flexibility index (Phi) is 3.14. The molecule has 0 aromatic carbocycles. The average molecular weight is 240 g/mol. The average Bonchev–Trinajstić information content (AvgIpc) is 2.53. The Labute approximate surface area is 98.9 Å². The molecule has 16 heavy (non-hydrogen) atoms. The van der Waals surface area contributed by atoms with Crippen LogP contribution in [-0.2, 0) is 0 Å². The first kappa shape index (κ1) is 11.4. The number of hydrogen-bond acceptors (Lipinski definition) is 4. The highest BCUT2D eigenvalue weighted by Crippen LogP contribution is 2.30. The second-order valence-corrected chi connectivity index (χ2v) is 5.37. The SMILES string of the molecule is Cc1nc(N(C)CC2CCC2)sc1C(=O)O. The molecule has 1 saturated carbocycles. The molecule has 0 saturated heterocycles. The fraction of sp³-hybridized carbons (Fsp3) is 0.636. The van der Waals surface area contributed by atoms with Gasteiger partial charge in [-0.2, -0.15) is 0 Å². The summed E-state index contributed by atoms with van der Waals surface area (Å²) < 4.78 is 0. The molecule has 0 unspecified atom stereocenters. The van der Waals surface area contributed by atoms with Crippen molar-refractivity contribution in [2.75, 3.05) is 18.5 Å². The summed E-state index contributed by atoms with van der Waals surface area (Å²) >= 11 is 1.27.